The van der Waals surface area contributed by atoms with Gasteiger partial charge in [0.25, 0.3) is 6.23 Å². The molecule has 4 aromatic carbocycles. The summed E-state index contributed by atoms with van der Waals surface area (Å²) in [5.41, 5.74) is 6.63. The van der Waals surface area contributed by atoms with E-state index in [0.717, 1.165) is 42.8 Å². The molecule has 198 valence electrons. The minimum absolute atomic E-state index is 0.0809. The molecule has 0 aromatic heterocycles. The number of hydrazone groups is 1. The molecule has 2 aliphatic rings. The highest BCUT2D eigenvalue weighted by atomic mass is 16.5. The average Bonchev–Trinajstić information content (AvgIpc) is 3.47. The summed E-state index contributed by atoms with van der Waals surface area (Å²) in [4.78, 5) is 13.5. The molecule has 0 spiro atoms. The van der Waals surface area contributed by atoms with Crippen LogP contribution >= 0.6 is 0 Å². The molecule has 0 saturated heterocycles. The largest absolute Gasteiger partial charge is 0.461 e. The van der Waals surface area contributed by atoms with Gasteiger partial charge in [-0.05, 0) is 66.4 Å². The number of nitrogens with zero attached hydrogens (tertiary/aromatic N) is 3. The lowest BCUT2D eigenvalue weighted by atomic mass is 9.95. The summed E-state index contributed by atoms with van der Waals surface area (Å²) in [5.74, 6) is 0.536. The number of nitrogens with one attached hydrogen (secondary N) is 1. The van der Waals surface area contributed by atoms with E-state index < -0.39 is 6.23 Å². The Bertz CT molecular complexity index is 1560. The van der Waals surface area contributed by atoms with Crippen LogP contribution in [-0.4, -0.2) is 29.3 Å². The van der Waals surface area contributed by atoms with Crippen molar-refractivity contribution in [2.24, 2.45) is 5.10 Å². The van der Waals surface area contributed by atoms with Crippen LogP contribution in [0, 0.1) is 11.3 Å². The molecule has 1 N–H and O–H groups in total. The number of carbonyl (C=O) groups is 1. The Balaban J connectivity index is 1.14. The number of carbonyl (C=O) groups excluding carboxylic acids is 1. The van der Waals surface area contributed by atoms with Gasteiger partial charge in [-0.1, -0.05) is 72.8 Å². The number of hydrogen-bond acceptors (Lipinski definition) is 6. The minimum Gasteiger partial charge on any atom is -0.461 e. The third-order valence-electron chi connectivity index (χ3n) is 7.50. The molecule has 2 unspecified atom stereocenters. The number of para-hydroxylation sites is 1. The summed E-state index contributed by atoms with van der Waals surface area (Å²) in [7, 11) is 0. The second-order valence-electron chi connectivity index (χ2n) is 10.2. The molecule has 6 heteroatoms. The predicted octanol–water partition coefficient (Wildman–Crippen LogP) is 6.03. The number of ether oxygens (including phenoxy) is 1. The Morgan fingerprint density at radius 2 is 1.68 bits per heavy atom. The summed E-state index contributed by atoms with van der Waals surface area (Å²) in [5, 5.41) is 19.4. The molecule has 0 bridgehead atoms. The topological polar surface area (TPSA) is 77.7 Å². The first kappa shape index (κ1) is 25.5. The lowest BCUT2D eigenvalue weighted by molar-refractivity contribution is -0.00455. The van der Waals surface area contributed by atoms with Crippen LogP contribution in [0.15, 0.2) is 108 Å². The van der Waals surface area contributed by atoms with Crippen LogP contribution in [0.5, 0.6) is 5.75 Å². The lowest BCUT2D eigenvalue weighted by Crippen LogP contribution is -2.45. The normalized spacial score (nSPS) is 17.3. The van der Waals surface area contributed by atoms with Gasteiger partial charge in [-0.25, -0.2) is 5.01 Å². The summed E-state index contributed by atoms with van der Waals surface area (Å²) in [6.45, 7) is 1.85. The molecule has 0 fully saturated rings. The minimum atomic E-state index is -0.868. The quantitative estimate of drug-likeness (QED) is 0.213. The molecule has 40 heavy (non-hydrogen) atoms. The van der Waals surface area contributed by atoms with Crippen LogP contribution in [0.3, 0.4) is 0 Å². The van der Waals surface area contributed by atoms with Gasteiger partial charge in [-0.2, -0.15) is 10.4 Å². The molecule has 6 nitrogen and oxygen atoms in total. The average molecular weight is 527 g/mol. The van der Waals surface area contributed by atoms with Crippen LogP contribution in [0.2, 0.25) is 0 Å². The molecule has 0 aliphatic carbocycles. The van der Waals surface area contributed by atoms with E-state index >= 15 is 0 Å². The number of hydrogen-bond donors (Lipinski definition) is 1. The van der Waals surface area contributed by atoms with Crippen molar-refractivity contribution >= 4 is 11.5 Å². The van der Waals surface area contributed by atoms with Crippen molar-refractivity contribution in [2.45, 2.75) is 38.1 Å². The monoisotopic (exact) mass is 526 g/mol. The summed E-state index contributed by atoms with van der Waals surface area (Å²) < 4.78 is 6.21. The molecule has 0 radical (unpaired) electrons. The molecule has 2 aliphatic heterocycles. The van der Waals surface area contributed by atoms with Crippen molar-refractivity contribution in [1.82, 2.24) is 10.3 Å². The number of rotatable bonds is 9. The number of nitriles is 1. The van der Waals surface area contributed by atoms with E-state index in [1.54, 1.807) is 24.3 Å². The van der Waals surface area contributed by atoms with E-state index in [2.05, 4.69) is 59.9 Å². The second-order valence-corrected chi connectivity index (χ2v) is 10.2. The summed E-state index contributed by atoms with van der Waals surface area (Å²) in [6, 6.07) is 35.6. The maximum absolute atomic E-state index is 13.5. The fourth-order valence-corrected chi connectivity index (χ4v) is 5.34. The fourth-order valence-electron chi connectivity index (χ4n) is 5.34. The highest BCUT2D eigenvalue weighted by molar-refractivity contribution is 6.03. The van der Waals surface area contributed by atoms with Crippen LogP contribution in [0.4, 0.5) is 0 Å². The van der Waals surface area contributed by atoms with Gasteiger partial charge in [0.2, 0.25) is 5.78 Å². The van der Waals surface area contributed by atoms with Gasteiger partial charge in [0.15, 0.2) is 0 Å². The van der Waals surface area contributed by atoms with E-state index in [4.69, 9.17) is 15.1 Å². The molecular formula is C34H30N4O2. The first-order valence-corrected chi connectivity index (χ1v) is 13.7. The van der Waals surface area contributed by atoms with E-state index in [1.807, 2.05) is 35.3 Å². The SMILES string of the molecule is N#Cc1ccc(C(=O)C2Oc3ccccc3C3CC(c4ccc(CCCNCc5ccccc5)cc4)=NN23)cc1. The lowest BCUT2D eigenvalue weighted by Gasteiger charge is -2.37. The highest BCUT2D eigenvalue weighted by Gasteiger charge is 2.43. The van der Waals surface area contributed by atoms with Crippen molar-refractivity contribution in [3.63, 3.8) is 0 Å². The molecule has 2 heterocycles. The van der Waals surface area contributed by atoms with Crippen LogP contribution in [0.1, 0.15) is 57.1 Å². The van der Waals surface area contributed by atoms with Gasteiger partial charge in [0.1, 0.15) is 5.75 Å². The Labute approximate surface area is 234 Å². The number of Topliss-reactive ketones (excluding diaryl/α,β-unsaturated/α-hetero) is 1. The molecule has 0 saturated carbocycles. The van der Waals surface area contributed by atoms with Gasteiger partial charge in [-0.3, -0.25) is 4.79 Å². The van der Waals surface area contributed by atoms with Crippen molar-refractivity contribution in [2.75, 3.05) is 6.54 Å². The predicted molar refractivity (Wildman–Crippen MR) is 155 cm³/mol. The standard InChI is InChI=1S/C34H30N4O2/c35-22-25-14-18-28(19-15-25)33(39)34-38-31(29-10-4-5-11-32(29)40-34)21-30(37-38)27-16-12-24(13-17-27)9-6-20-36-23-26-7-2-1-3-8-26/h1-5,7-8,10-19,31,34,36H,6,9,20-21,23H2. The van der Waals surface area contributed by atoms with Crippen LogP contribution < -0.4 is 10.1 Å². The number of fused-ring (bicyclic) bond motifs is 3. The maximum atomic E-state index is 13.5. The van der Waals surface area contributed by atoms with E-state index in [0.29, 0.717) is 23.3 Å². The molecular weight excluding hydrogens is 496 g/mol. The van der Waals surface area contributed by atoms with Gasteiger partial charge >= 0.3 is 0 Å². The number of benzene rings is 4. The first-order chi connectivity index (χ1) is 19.7. The van der Waals surface area contributed by atoms with Gasteiger partial charge in [0, 0.05) is 24.1 Å². The fraction of sp³-hybridized carbons (Fsp3) is 0.206. The smallest absolute Gasteiger partial charge is 0.251 e. The third-order valence-corrected chi connectivity index (χ3v) is 7.50. The van der Waals surface area contributed by atoms with Crippen molar-refractivity contribution < 1.29 is 9.53 Å². The van der Waals surface area contributed by atoms with Crippen molar-refractivity contribution in [3.05, 3.63) is 137 Å². The summed E-state index contributed by atoms with van der Waals surface area (Å²) in [6.07, 6.45) is 1.90. The Kier molecular flexibility index (Phi) is 7.39. The number of aryl methyl sites for hydroxylation is 1. The van der Waals surface area contributed by atoms with E-state index in [9.17, 15) is 4.79 Å². The van der Waals surface area contributed by atoms with E-state index in [1.165, 1.54) is 11.1 Å². The van der Waals surface area contributed by atoms with Crippen LogP contribution in [0.25, 0.3) is 0 Å². The molecule has 4 aromatic rings. The molecule has 0 amide bonds. The zero-order valence-electron chi connectivity index (χ0n) is 22.2. The Hall–Kier alpha value is -4.73. The van der Waals surface area contributed by atoms with Gasteiger partial charge in [-0.15, -0.1) is 0 Å². The first-order valence-electron chi connectivity index (χ1n) is 13.7. The molecule has 2 atom stereocenters. The third kappa shape index (κ3) is 5.38. The Morgan fingerprint density at radius 1 is 0.925 bits per heavy atom. The molecule has 6 rings (SSSR count). The van der Waals surface area contributed by atoms with E-state index in [-0.39, 0.29) is 11.8 Å². The summed E-state index contributed by atoms with van der Waals surface area (Å²) >= 11 is 0. The second kappa shape index (κ2) is 11.6. The number of ketones is 1. The van der Waals surface area contributed by atoms with Crippen LogP contribution in [-0.2, 0) is 13.0 Å². The van der Waals surface area contributed by atoms with Gasteiger partial charge < -0.3 is 10.1 Å². The zero-order chi connectivity index (χ0) is 27.3. The van der Waals surface area contributed by atoms with Gasteiger partial charge in [0.05, 0.1) is 23.4 Å². The van der Waals surface area contributed by atoms with Crippen molar-refractivity contribution in [3.8, 4) is 11.8 Å². The maximum Gasteiger partial charge on any atom is 0.251 e. The van der Waals surface area contributed by atoms with Crippen molar-refractivity contribution in [1.29, 1.82) is 5.26 Å². The zero-order valence-corrected chi connectivity index (χ0v) is 22.2. The Morgan fingerprint density at radius 3 is 2.45 bits per heavy atom. The highest BCUT2D eigenvalue weighted by Crippen LogP contribution is 2.43.